The van der Waals surface area contributed by atoms with Crippen LogP contribution in [0, 0.1) is 11.3 Å². The summed E-state index contributed by atoms with van der Waals surface area (Å²) in [4.78, 5) is 34.0. The van der Waals surface area contributed by atoms with Gasteiger partial charge in [-0.3, -0.25) is 14.6 Å². The number of carbonyl (C=O) groups is 2. The second kappa shape index (κ2) is 7.72. The quantitative estimate of drug-likeness (QED) is 0.691. The lowest BCUT2D eigenvalue weighted by Crippen LogP contribution is -2.31. The van der Waals surface area contributed by atoms with E-state index in [0.29, 0.717) is 17.3 Å². The summed E-state index contributed by atoms with van der Waals surface area (Å²) in [5.41, 5.74) is 3.52. The molecular formula is C21H20N6O2. The van der Waals surface area contributed by atoms with Crippen LogP contribution >= 0.6 is 0 Å². The molecule has 0 bridgehead atoms. The monoisotopic (exact) mass is 388 g/mol. The molecule has 3 aromatic rings. The number of likely N-dealkylation sites (tertiary alicyclic amines) is 1. The molecule has 0 aliphatic carbocycles. The van der Waals surface area contributed by atoms with Crippen molar-refractivity contribution < 1.29 is 9.59 Å². The lowest BCUT2D eigenvalue weighted by atomic mass is 9.90. The minimum atomic E-state index is -0.411. The van der Waals surface area contributed by atoms with Crippen LogP contribution in [0.4, 0.5) is 5.82 Å². The van der Waals surface area contributed by atoms with E-state index < -0.39 is 5.91 Å². The maximum atomic E-state index is 12.5. The second-order valence-corrected chi connectivity index (χ2v) is 7.17. The van der Waals surface area contributed by atoms with Crippen LogP contribution < -0.4 is 5.32 Å². The number of pyridine rings is 2. The van der Waals surface area contributed by atoms with E-state index in [9.17, 15) is 9.59 Å². The SMILES string of the molecule is Cn1cc(C2CCN(C=O)CC2)c2nc(NC(=O)c3cc(C#N)ccn3)ccc21. The lowest BCUT2D eigenvalue weighted by Gasteiger charge is -2.28. The van der Waals surface area contributed by atoms with E-state index in [0.717, 1.165) is 48.9 Å². The number of anilines is 1. The third-order valence-electron chi connectivity index (χ3n) is 5.34. The van der Waals surface area contributed by atoms with Gasteiger partial charge in [0.25, 0.3) is 5.91 Å². The van der Waals surface area contributed by atoms with Gasteiger partial charge in [0.05, 0.1) is 22.7 Å². The molecule has 146 valence electrons. The van der Waals surface area contributed by atoms with Crippen LogP contribution in [0.3, 0.4) is 0 Å². The van der Waals surface area contributed by atoms with E-state index in [1.54, 1.807) is 17.0 Å². The van der Waals surface area contributed by atoms with Crippen molar-refractivity contribution in [3.8, 4) is 6.07 Å². The molecule has 0 spiro atoms. The number of fused-ring (bicyclic) bond motifs is 1. The molecule has 1 N–H and O–H groups in total. The molecule has 0 aromatic carbocycles. The predicted molar refractivity (Wildman–Crippen MR) is 107 cm³/mol. The Labute approximate surface area is 167 Å². The summed E-state index contributed by atoms with van der Waals surface area (Å²) in [6, 6.07) is 8.69. The number of rotatable bonds is 4. The van der Waals surface area contributed by atoms with Gasteiger partial charge in [-0.25, -0.2) is 4.98 Å². The van der Waals surface area contributed by atoms with Gasteiger partial charge in [0.15, 0.2) is 0 Å². The van der Waals surface area contributed by atoms with Gasteiger partial charge in [-0.15, -0.1) is 0 Å². The maximum Gasteiger partial charge on any atom is 0.275 e. The number of aromatic nitrogens is 3. The number of carbonyl (C=O) groups excluding carboxylic acids is 2. The summed E-state index contributed by atoms with van der Waals surface area (Å²) in [6.07, 6.45) is 6.20. The van der Waals surface area contributed by atoms with Crippen molar-refractivity contribution in [2.45, 2.75) is 18.8 Å². The van der Waals surface area contributed by atoms with Crippen molar-refractivity contribution >= 4 is 29.2 Å². The first-order valence-corrected chi connectivity index (χ1v) is 9.42. The van der Waals surface area contributed by atoms with Gasteiger partial charge in [-0.05, 0) is 48.6 Å². The third-order valence-corrected chi connectivity index (χ3v) is 5.34. The number of hydrogen-bond donors (Lipinski definition) is 1. The van der Waals surface area contributed by atoms with Gasteiger partial charge < -0.3 is 14.8 Å². The largest absolute Gasteiger partial charge is 0.349 e. The first-order valence-electron chi connectivity index (χ1n) is 9.42. The molecule has 4 heterocycles. The van der Waals surface area contributed by atoms with E-state index in [-0.39, 0.29) is 5.69 Å². The predicted octanol–water partition coefficient (Wildman–Crippen LogP) is 2.43. The highest BCUT2D eigenvalue weighted by Gasteiger charge is 2.24. The van der Waals surface area contributed by atoms with Crippen molar-refractivity contribution in [3.05, 3.63) is 53.5 Å². The van der Waals surface area contributed by atoms with Gasteiger partial charge in [-0.1, -0.05) is 0 Å². The van der Waals surface area contributed by atoms with Crippen molar-refractivity contribution in [1.82, 2.24) is 19.4 Å². The van der Waals surface area contributed by atoms with Crippen LogP contribution in [0.5, 0.6) is 0 Å². The number of hydrogen-bond acceptors (Lipinski definition) is 5. The molecule has 1 aliphatic heterocycles. The molecule has 1 saturated heterocycles. The van der Waals surface area contributed by atoms with E-state index in [1.165, 1.54) is 12.3 Å². The maximum absolute atomic E-state index is 12.5. The number of nitriles is 1. The normalized spacial score (nSPS) is 14.6. The van der Waals surface area contributed by atoms with Crippen molar-refractivity contribution in [1.29, 1.82) is 5.26 Å². The first-order chi connectivity index (χ1) is 14.1. The van der Waals surface area contributed by atoms with Crippen LogP contribution in [0.2, 0.25) is 0 Å². The fourth-order valence-corrected chi connectivity index (χ4v) is 3.78. The molecule has 1 aliphatic rings. The highest BCUT2D eigenvalue weighted by Crippen LogP contribution is 2.33. The molecular weight excluding hydrogens is 368 g/mol. The van der Waals surface area contributed by atoms with Gasteiger partial charge in [0.2, 0.25) is 6.41 Å². The van der Waals surface area contributed by atoms with E-state index in [4.69, 9.17) is 5.26 Å². The Kier molecular flexibility index (Phi) is 4.96. The summed E-state index contributed by atoms with van der Waals surface area (Å²) < 4.78 is 2.04. The van der Waals surface area contributed by atoms with Crippen LogP contribution in [0.1, 0.15) is 40.4 Å². The molecule has 8 nitrogen and oxygen atoms in total. The smallest absolute Gasteiger partial charge is 0.275 e. The van der Waals surface area contributed by atoms with Gasteiger partial charge in [0, 0.05) is 32.5 Å². The Balaban J connectivity index is 1.61. The first kappa shape index (κ1) is 18.6. The molecule has 0 unspecified atom stereocenters. The van der Waals surface area contributed by atoms with E-state index in [1.807, 2.05) is 23.8 Å². The Bertz CT molecular complexity index is 1120. The minimum Gasteiger partial charge on any atom is -0.349 e. The van der Waals surface area contributed by atoms with Crippen LogP contribution in [0.25, 0.3) is 11.0 Å². The van der Waals surface area contributed by atoms with Gasteiger partial charge in [0.1, 0.15) is 11.5 Å². The van der Waals surface area contributed by atoms with Crippen molar-refractivity contribution in [3.63, 3.8) is 0 Å². The van der Waals surface area contributed by atoms with Crippen molar-refractivity contribution in [2.24, 2.45) is 7.05 Å². The Hall–Kier alpha value is -3.73. The molecule has 1 fully saturated rings. The van der Waals surface area contributed by atoms with Gasteiger partial charge >= 0.3 is 0 Å². The number of aryl methyl sites for hydroxylation is 1. The average Bonchev–Trinajstić information content (AvgIpc) is 3.09. The van der Waals surface area contributed by atoms with E-state index >= 15 is 0 Å². The van der Waals surface area contributed by atoms with Crippen LogP contribution in [-0.4, -0.2) is 44.8 Å². The van der Waals surface area contributed by atoms with E-state index in [2.05, 4.69) is 21.5 Å². The molecule has 8 heteroatoms. The van der Waals surface area contributed by atoms with Crippen molar-refractivity contribution in [2.75, 3.05) is 18.4 Å². The number of nitrogens with zero attached hydrogens (tertiary/aromatic N) is 5. The lowest BCUT2D eigenvalue weighted by molar-refractivity contribution is -0.119. The molecule has 2 amide bonds. The molecule has 0 atom stereocenters. The Morgan fingerprint density at radius 1 is 1.31 bits per heavy atom. The molecule has 29 heavy (non-hydrogen) atoms. The molecule has 4 rings (SSSR count). The Morgan fingerprint density at radius 3 is 2.83 bits per heavy atom. The Morgan fingerprint density at radius 2 is 2.10 bits per heavy atom. The molecule has 3 aromatic heterocycles. The standard InChI is InChI=1S/C21H20N6O2/c1-26-12-16(15-5-8-27(13-28)9-6-15)20-18(26)2-3-19(24-20)25-21(29)17-10-14(11-22)4-7-23-17/h2-4,7,10,12-13,15H,5-6,8-9H2,1H3,(H,24,25,29). The van der Waals surface area contributed by atoms with Crippen LogP contribution in [0.15, 0.2) is 36.7 Å². The fourth-order valence-electron chi connectivity index (χ4n) is 3.78. The summed E-state index contributed by atoms with van der Waals surface area (Å²) >= 11 is 0. The zero-order chi connectivity index (χ0) is 20.4. The summed E-state index contributed by atoms with van der Waals surface area (Å²) in [5, 5.41) is 11.8. The zero-order valence-corrected chi connectivity index (χ0v) is 16.0. The molecule has 0 saturated carbocycles. The summed E-state index contributed by atoms with van der Waals surface area (Å²) in [7, 11) is 1.98. The third kappa shape index (κ3) is 3.67. The topological polar surface area (TPSA) is 104 Å². The van der Waals surface area contributed by atoms with Gasteiger partial charge in [-0.2, -0.15) is 5.26 Å². The fraction of sp³-hybridized carbons (Fsp3) is 0.286. The highest BCUT2D eigenvalue weighted by atomic mass is 16.2. The van der Waals surface area contributed by atoms with Crippen LogP contribution in [-0.2, 0) is 11.8 Å². The minimum absolute atomic E-state index is 0.167. The number of nitrogens with one attached hydrogen (secondary N) is 1. The number of amides is 2. The number of piperidine rings is 1. The highest BCUT2D eigenvalue weighted by molar-refractivity contribution is 6.03. The zero-order valence-electron chi connectivity index (χ0n) is 16.0. The molecule has 0 radical (unpaired) electrons. The summed E-state index contributed by atoms with van der Waals surface area (Å²) in [5.74, 6) is 0.345. The average molecular weight is 388 g/mol. The summed E-state index contributed by atoms with van der Waals surface area (Å²) in [6.45, 7) is 1.48. The second-order valence-electron chi connectivity index (χ2n) is 7.17.